The van der Waals surface area contributed by atoms with Crippen molar-refractivity contribution in [1.29, 1.82) is 0 Å². The van der Waals surface area contributed by atoms with Gasteiger partial charge in [-0.05, 0) is 31.6 Å². The topological polar surface area (TPSA) is 69.7 Å². The van der Waals surface area contributed by atoms with E-state index in [0.717, 1.165) is 44.8 Å². The number of carbonyl (C=O) groups is 3. The number of nitrogens with one attached hydrogen (secondary N) is 1. The van der Waals surface area contributed by atoms with Gasteiger partial charge in [-0.2, -0.15) is 0 Å². The van der Waals surface area contributed by atoms with Gasteiger partial charge in [0.2, 0.25) is 17.7 Å². The van der Waals surface area contributed by atoms with Crippen LogP contribution in [0.3, 0.4) is 0 Å². The summed E-state index contributed by atoms with van der Waals surface area (Å²) in [6.07, 6.45) is 14.0. The summed E-state index contributed by atoms with van der Waals surface area (Å²) < 4.78 is 0. The summed E-state index contributed by atoms with van der Waals surface area (Å²) in [5.41, 5.74) is 0. The van der Waals surface area contributed by atoms with Crippen LogP contribution in [-0.4, -0.2) is 60.2 Å². The number of likely N-dealkylation sites (tertiary alicyclic amines) is 2. The van der Waals surface area contributed by atoms with Gasteiger partial charge in [0, 0.05) is 45.6 Å². The number of carbonyl (C=O) groups excluding carboxylic acids is 3. The minimum Gasteiger partial charge on any atom is -0.356 e. The SMILES string of the molecule is O=C(NCCC1CCCCCCC1)[C@@H]1CCC(=O)N(CCCN2CCCC2=O)C1. The Hall–Kier alpha value is -1.59. The lowest BCUT2D eigenvalue weighted by Gasteiger charge is -2.32. The molecule has 3 fully saturated rings. The molecule has 1 aliphatic carbocycles. The van der Waals surface area contributed by atoms with Crippen LogP contribution in [0, 0.1) is 11.8 Å². The van der Waals surface area contributed by atoms with Crippen molar-refractivity contribution < 1.29 is 14.4 Å². The molecule has 2 aliphatic heterocycles. The molecule has 0 bridgehead atoms. The maximum atomic E-state index is 12.6. The molecule has 0 aromatic rings. The van der Waals surface area contributed by atoms with Gasteiger partial charge in [0.05, 0.1) is 5.92 Å². The first-order chi connectivity index (χ1) is 14.1. The Morgan fingerprint density at radius 2 is 1.55 bits per heavy atom. The molecule has 0 aromatic heterocycles. The van der Waals surface area contributed by atoms with Crippen LogP contribution in [0.5, 0.6) is 0 Å². The molecule has 3 aliphatic rings. The summed E-state index contributed by atoms with van der Waals surface area (Å²) in [4.78, 5) is 40.3. The molecular formula is C23H39N3O3. The molecule has 164 valence electrons. The maximum Gasteiger partial charge on any atom is 0.224 e. The number of hydrogen-bond acceptors (Lipinski definition) is 3. The van der Waals surface area contributed by atoms with Crippen LogP contribution in [0.25, 0.3) is 0 Å². The van der Waals surface area contributed by atoms with E-state index >= 15 is 0 Å². The second kappa shape index (κ2) is 11.6. The first-order valence-electron chi connectivity index (χ1n) is 12.0. The van der Waals surface area contributed by atoms with Gasteiger partial charge >= 0.3 is 0 Å². The highest BCUT2D eigenvalue weighted by atomic mass is 16.2. The Morgan fingerprint density at radius 3 is 2.28 bits per heavy atom. The van der Waals surface area contributed by atoms with Crippen molar-refractivity contribution in [2.24, 2.45) is 11.8 Å². The van der Waals surface area contributed by atoms with Gasteiger partial charge in [-0.1, -0.05) is 44.9 Å². The summed E-state index contributed by atoms with van der Waals surface area (Å²) in [6, 6.07) is 0. The highest BCUT2D eigenvalue weighted by Gasteiger charge is 2.30. The third-order valence-electron chi connectivity index (χ3n) is 6.97. The molecule has 1 N–H and O–H groups in total. The molecule has 6 nitrogen and oxygen atoms in total. The lowest BCUT2D eigenvalue weighted by Crippen LogP contribution is -2.46. The molecule has 2 saturated heterocycles. The Balaban J connectivity index is 1.35. The molecule has 3 amide bonds. The van der Waals surface area contributed by atoms with E-state index in [4.69, 9.17) is 0 Å². The zero-order valence-electron chi connectivity index (χ0n) is 18.0. The van der Waals surface area contributed by atoms with Gasteiger partial charge < -0.3 is 15.1 Å². The first-order valence-corrected chi connectivity index (χ1v) is 12.0. The minimum absolute atomic E-state index is 0.0848. The van der Waals surface area contributed by atoms with Crippen LogP contribution in [0.15, 0.2) is 0 Å². The van der Waals surface area contributed by atoms with Crippen molar-refractivity contribution in [2.45, 2.75) is 83.5 Å². The zero-order valence-corrected chi connectivity index (χ0v) is 18.0. The van der Waals surface area contributed by atoms with Gasteiger partial charge in [0.15, 0.2) is 0 Å². The zero-order chi connectivity index (χ0) is 20.5. The largest absolute Gasteiger partial charge is 0.356 e. The lowest BCUT2D eigenvalue weighted by atomic mass is 9.89. The fraction of sp³-hybridized carbons (Fsp3) is 0.870. The molecular weight excluding hydrogens is 366 g/mol. The predicted molar refractivity (Wildman–Crippen MR) is 113 cm³/mol. The van der Waals surface area contributed by atoms with Gasteiger partial charge in [0.25, 0.3) is 0 Å². The van der Waals surface area contributed by atoms with Gasteiger partial charge in [-0.3, -0.25) is 14.4 Å². The molecule has 0 unspecified atom stereocenters. The van der Waals surface area contributed by atoms with E-state index in [1.807, 2.05) is 9.80 Å². The van der Waals surface area contributed by atoms with Crippen LogP contribution in [0.4, 0.5) is 0 Å². The van der Waals surface area contributed by atoms with Crippen molar-refractivity contribution in [1.82, 2.24) is 15.1 Å². The maximum absolute atomic E-state index is 12.6. The third-order valence-corrected chi connectivity index (χ3v) is 6.97. The standard InChI is InChI=1S/C23H39N3O3/c27-21-10-6-15-25(21)16-7-17-26-18-20(11-12-22(26)28)23(29)24-14-13-19-8-4-2-1-3-5-9-19/h19-20H,1-18H2,(H,24,29)/t20-/m1/s1. The van der Waals surface area contributed by atoms with E-state index in [-0.39, 0.29) is 23.6 Å². The van der Waals surface area contributed by atoms with E-state index in [1.54, 1.807) is 0 Å². The molecule has 0 spiro atoms. The van der Waals surface area contributed by atoms with Crippen LogP contribution in [0.2, 0.25) is 0 Å². The van der Waals surface area contributed by atoms with E-state index in [2.05, 4.69) is 5.32 Å². The summed E-state index contributed by atoms with van der Waals surface area (Å²) in [6.45, 7) is 3.52. The van der Waals surface area contributed by atoms with Crippen molar-refractivity contribution >= 4 is 17.7 Å². The monoisotopic (exact) mass is 405 g/mol. The van der Waals surface area contributed by atoms with Crippen LogP contribution >= 0.6 is 0 Å². The first kappa shape index (κ1) is 22.1. The quantitative estimate of drug-likeness (QED) is 0.675. The van der Waals surface area contributed by atoms with Crippen molar-refractivity contribution in [3.63, 3.8) is 0 Å². The van der Waals surface area contributed by atoms with E-state index in [0.29, 0.717) is 32.4 Å². The highest BCUT2D eigenvalue weighted by molar-refractivity contribution is 5.83. The Morgan fingerprint density at radius 1 is 0.862 bits per heavy atom. The van der Waals surface area contributed by atoms with Crippen LogP contribution in [0.1, 0.15) is 83.5 Å². The van der Waals surface area contributed by atoms with Gasteiger partial charge in [-0.15, -0.1) is 0 Å². The second-order valence-corrected chi connectivity index (χ2v) is 9.20. The van der Waals surface area contributed by atoms with Gasteiger partial charge in [-0.25, -0.2) is 0 Å². The molecule has 0 aromatic carbocycles. The van der Waals surface area contributed by atoms with Crippen LogP contribution < -0.4 is 5.32 Å². The number of hydrogen-bond donors (Lipinski definition) is 1. The van der Waals surface area contributed by atoms with Crippen molar-refractivity contribution in [3.8, 4) is 0 Å². The summed E-state index contributed by atoms with van der Waals surface area (Å²) in [5, 5.41) is 3.15. The normalized spacial score (nSPS) is 24.5. The van der Waals surface area contributed by atoms with E-state index < -0.39 is 0 Å². The minimum atomic E-state index is -0.0848. The molecule has 2 heterocycles. The van der Waals surface area contributed by atoms with E-state index in [9.17, 15) is 14.4 Å². The lowest BCUT2D eigenvalue weighted by molar-refractivity contribution is -0.138. The molecule has 3 rings (SSSR count). The number of piperidine rings is 1. The van der Waals surface area contributed by atoms with E-state index in [1.165, 1.54) is 44.9 Å². The van der Waals surface area contributed by atoms with Crippen molar-refractivity contribution in [2.75, 3.05) is 32.7 Å². The summed E-state index contributed by atoms with van der Waals surface area (Å²) in [5.74, 6) is 1.17. The summed E-state index contributed by atoms with van der Waals surface area (Å²) >= 11 is 0. The Bertz CT molecular complexity index is 558. The molecule has 29 heavy (non-hydrogen) atoms. The average Bonchev–Trinajstić information content (AvgIpc) is 3.09. The number of nitrogens with zero attached hydrogens (tertiary/aromatic N) is 2. The molecule has 1 saturated carbocycles. The van der Waals surface area contributed by atoms with Crippen molar-refractivity contribution in [3.05, 3.63) is 0 Å². The molecule has 6 heteroatoms. The number of amides is 3. The summed E-state index contributed by atoms with van der Waals surface area (Å²) in [7, 11) is 0. The third kappa shape index (κ3) is 7.00. The molecule has 0 radical (unpaired) electrons. The average molecular weight is 406 g/mol. The Labute approximate surface area is 175 Å². The predicted octanol–water partition coefficient (Wildman–Crippen LogP) is 3.10. The Kier molecular flexibility index (Phi) is 8.81. The smallest absolute Gasteiger partial charge is 0.224 e. The number of rotatable bonds is 8. The second-order valence-electron chi connectivity index (χ2n) is 9.20. The fourth-order valence-electron chi connectivity index (χ4n) is 5.11. The molecule has 1 atom stereocenters. The fourth-order valence-corrected chi connectivity index (χ4v) is 5.11. The van der Waals surface area contributed by atoms with Gasteiger partial charge in [0.1, 0.15) is 0 Å². The highest BCUT2D eigenvalue weighted by Crippen LogP contribution is 2.24. The van der Waals surface area contributed by atoms with Crippen LogP contribution in [-0.2, 0) is 14.4 Å².